The van der Waals surface area contributed by atoms with Gasteiger partial charge in [0.25, 0.3) is 0 Å². The van der Waals surface area contributed by atoms with Crippen molar-refractivity contribution in [1.29, 1.82) is 0 Å². The first-order valence-corrected chi connectivity index (χ1v) is 9.97. The SMILES string of the molecule is COC(=O)CCCC(=O)C1=NN(c2ccc(Cl)cc2)CN1c1c(Cl)cccc1Cl. The van der Waals surface area contributed by atoms with Gasteiger partial charge >= 0.3 is 5.97 Å². The van der Waals surface area contributed by atoms with Crippen LogP contribution in [0.3, 0.4) is 0 Å². The number of hydrogen-bond donors (Lipinski definition) is 0. The fraction of sp³-hybridized carbons (Fsp3) is 0.250. The lowest BCUT2D eigenvalue weighted by Crippen LogP contribution is -2.35. The van der Waals surface area contributed by atoms with Gasteiger partial charge in [-0.2, -0.15) is 0 Å². The number of ether oxygens (including phenoxy) is 1. The zero-order valence-corrected chi connectivity index (χ0v) is 17.8. The van der Waals surface area contributed by atoms with Crippen molar-refractivity contribution in [2.45, 2.75) is 19.3 Å². The number of hydrazone groups is 1. The van der Waals surface area contributed by atoms with E-state index in [1.807, 2.05) is 12.1 Å². The van der Waals surface area contributed by atoms with Crippen LogP contribution < -0.4 is 9.91 Å². The lowest BCUT2D eigenvalue weighted by Gasteiger charge is -2.23. The van der Waals surface area contributed by atoms with Crippen molar-refractivity contribution in [2.75, 3.05) is 23.7 Å². The Labute approximate surface area is 183 Å². The Morgan fingerprint density at radius 2 is 1.69 bits per heavy atom. The highest BCUT2D eigenvalue weighted by Gasteiger charge is 2.32. The number of Topliss-reactive ketones (excluding diaryl/α,β-unsaturated/α-hetero) is 1. The Kier molecular flexibility index (Phi) is 7.00. The van der Waals surface area contributed by atoms with Crippen molar-refractivity contribution in [3.8, 4) is 0 Å². The third kappa shape index (κ3) is 5.01. The molecule has 0 spiro atoms. The van der Waals surface area contributed by atoms with Gasteiger partial charge in [-0.05, 0) is 42.8 Å². The predicted octanol–water partition coefficient (Wildman–Crippen LogP) is 5.16. The molecule has 0 aromatic heterocycles. The van der Waals surface area contributed by atoms with Gasteiger partial charge in [-0.15, -0.1) is 5.10 Å². The van der Waals surface area contributed by atoms with E-state index in [1.54, 1.807) is 40.2 Å². The summed E-state index contributed by atoms with van der Waals surface area (Å²) in [6.45, 7) is 0.253. The van der Waals surface area contributed by atoms with E-state index in [-0.39, 0.29) is 37.1 Å². The summed E-state index contributed by atoms with van der Waals surface area (Å²) in [7, 11) is 1.32. The number of para-hydroxylation sites is 1. The molecule has 6 nitrogen and oxygen atoms in total. The summed E-state index contributed by atoms with van der Waals surface area (Å²) in [5.41, 5.74) is 1.27. The molecule has 0 saturated heterocycles. The Bertz CT molecular complexity index is 927. The molecule has 3 rings (SSSR count). The Morgan fingerprint density at radius 3 is 2.31 bits per heavy atom. The molecule has 1 aliphatic rings. The first-order chi connectivity index (χ1) is 13.9. The number of methoxy groups -OCH3 is 1. The van der Waals surface area contributed by atoms with Gasteiger partial charge < -0.3 is 4.74 Å². The minimum absolute atomic E-state index is 0.140. The van der Waals surface area contributed by atoms with E-state index in [0.717, 1.165) is 5.69 Å². The highest BCUT2D eigenvalue weighted by Crippen LogP contribution is 2.36. The van der Waals surface area contributed by atoms with Gasteiger partial charge in [-0.1, -0.05) is 40.9 Å². The molecule has 9 heteroatoms. The van der Waals surface area contributed by atoms with Crippen LogP contribution in [0.15, 0.2) is 47.6 Å². The monoisotopic (exact) mass is 453 g/mol. The van der Waals surface area contributed by atoms with E-state index in [2.05, 4.69) is 9.84 Å². The third-order valence-electron chi connectivity index (χ3n) is 4.34. The van der Waals surface area contributed by atoms with E-state index >= 15 is 0 Å². The van der Waals surface area contributed by atoms with E-state index in [1.165, 1.54) is 7.11 Å². The number of rotatable bonds is 7. The molecule has 0 aliphatic carbocycles. The number of halogens is 3. The predicted molar refractivity (Wildman–Crippen MR) is 116 cm³/mol. The Hall–Kier alpha value is -2.28. The summed E-state index contributed by atoms with van der Waals surface area (Å²) >= 11 is 18.7. The van der Waals surface area contributed by atoms with Crippen molar-refractivity contribution in [3.63, 3.8) is 0 Å². The maximum absolute atomic E-state index is 12.9. The lowest BCUT2D eigenvalue weighted by atomic mass is 10.1. The van der Waals surface area contributed by atoms with Gasteiger partial charge in [0.05, 0.1) is 28.5 Å². The van der Waals surface area contributed by atoms with Crippen LogP contribution in [0.4, 0.5) is 11.4 Å². The van der Waals surface area contributed by atoms with Crippen molar-refractivity contribution in [2.24, 2.45) is 5.10 Å². The smallest absolute Gasteiger partial charge is 0.305 e. The van der Waals surface area contributed by atoms with Crippen LogP contribution >= 0.6 is 34.8 Å². The summed E-state index contributed by atoms with van der Waals surface area (Å²) in [6.07, 6.45) is 0.653. The molecule has 29 heavy (non-hydrogen) atoms. The fourth-order valence-electron chi connectivity index (χ4n) is 2.89. The average molecular weight is 455 g/mol. The van der Waals surface area contributed by atoms with Gasteiger partial charge in [-0.25, -0.2) is 5.01 Å². The van der Waals surface area contributed by atoms with Crippen molar-refractivity contribution in [3.05, 3.63) is 57.5 Å². The second-order valence-corrected chi connectivity index (χ2v) is 7.54. The van der Waals surface area contributed by atoms with Crippen LogP contribution in [0.2, 0.25) is 15.1 Å². The molecule has 1 aliphatic heterocycles. The van der Waals surface area contributed by atoms with Gasteiger partial charge in [0, 0.05) is 17.9 Å². The Morgan fingerprint density at radius 1 is 1.03 bits per heavy atom. The summed E-state index contributed by atoms with van der Waals surface area (Å²) in [5, 5.41) is 7.58. The molecule has 0 unspecified atom stereocenters. The second kappa shape index (κ2) is 9.48. The molecule has 0 atom stereocenters. The van der Waals surface area contributed by atoms with Crippen molar-refractivity contribution >= 4 is 63.8 Å². The molecular weight excluding hydrogens is 437 g/mol. The fourth-order valence-corrected chi connectivity index (χ4v) is 3.62. The van der Waals surface area contributed by atoms with Crippen LogP contribution in [0.5, 0.6) is 0 Å². The maximum atomic E-state index is 12.9. The molecular formula is C20H18Cl3N3O3. The maximum Gasteiger partial charge on any atom is 0.305 e. The number of anilines is 2. The van der Waals surface area contributed by atoms with E-state index in [9.17, 15) is 9.59 Å². The molecule has 2 aromatic rings. The van der Waals surface area contributed by atoms with Gasteiger partial charge in [0.2, 0.25) is 0 Å². The molecule has 2 aromatic carbocycles. The topological polar surface area (TPSA) is 62.2 Å². The first-order valence-electron chi connectivity index (χ1n) is 8.84. The minimum atomic E-state index is -0.361. The van der Waals surface area contributed by atoms with Crippen molar-refractivity contribution < 1.29 is 14.3 Å². The van der Waals surface area contributed by atoms with Crippen LogP contribution in [0.25, 0.3) is 0 Å². The molecule has 0 saturated carbocycles. The van der Waals surface area contributed by atoms with Crippen LogP contribution in [-0.4, -0.2) is 31.4 Å². The lowest BCUT2D eigenvalue weighted by molar-refractivity contribution is -0.140. The molecule has 0 N–H and O–H groups in total. The summed E-state index contributed by atoms with van der Waals surface area (Å²) in [4.78, 5) is 25.9. The summed E-state index contributed by atoms with van der Waals surface area (Å²) in [6, 6.07) is 12.2. The number of carbonyl (C=O) groups is 2. The number of hydrogen-bond acceptors (Lipinski definition) is 6. The molecule has 0 amide bonds. The number of amidine groups is 1. The van der Waals surface area contributed by atoms with Crippen LogP contribution in [0, 0.1) is 0 Å². The highest BCUT2D eigenvalue weighted by atomic mass is 35.5. The van der Waals surface area contributed by atoms with Gasteiger partial charge in [0.1, 0.15) is 6.67 Å². The molecule has 0 bridgehead atoms. The van der Waals surface area contributed by atoms with E-state index in [0.29, 0.717) is 27.2 Å². The quantitative estimate of drug-likeness (QED) is 0.541. The largest absolute Gasteiger partial charge is 0.469 e. The molecule has 0 fully saturated rings. The number of ketones is 1. The third-order valence-corrected chi connectivity index (χ3v) is 5.20. The highest BCUT2D eigenvalue weighted by molar-refractivity contribution is 6.47. The molecule has 1 heterocycles. The number of nitrogens with zero attached hydrogens (tertiary/aromatic N) is 3. The summed E-state index contributed by atoms with van der Waals surface area (Å²) < 4.78 is 4.62. The van der Waals surface area contributed by atoms with E-state index < -0.39 is 0 Å². The van der Waals surface area contributed by atoms with Gasteiger partial charge in [0.15, 0.2) is 11.6 Å². The number of benzene rings is 2. The zero-order chi connectivity index (χ0) is 21.0. The normalized spacial score (nSPS) is 13.4. The zero-order valence-electron chi connectivity index (χ0n) is 15.6. The summed E-state index contributed by atoms with van der Waals surface area (Å²) in [5.74, 6) is -0.374. The number of carbonyl (C=O) groups excluding carboxylic acids is 2. The standard InChI is InChI=1S/C20H18Cl3N3O3/c1-29-18(28)7-3-6-17(27)20-24-26(14-10-8-13(21)9-11-14)12-25(20)19-15(22)4-2-5-16(19)23/h2,4-5,8-11H,3,6-7,12H2,1H3. The minimum Gasteiger partial charge on any atom is -0.469 e. The number of esters is 1. The van der Waals surface area contributed by atoms with Crippen LogP contribution in [0.1, 0.15) is 19.3 Å². The first kappa shape index (κ1) is 21.4. The molecule has 0 radical (unpaired) electrons. The second-order valence-electron chi connectivity index (χ2n) is 6.29. The van der Waals surface area contributed by atoms with Crippen molar-refractivity contribution in [1.82, 2.24) is 0 Å². The van der Waals surface area contributed by atoms with Crippen LogP contribution in [-0.2, 0) is 14.3 Å². The Balaban J connectivity index is 1.89. The average Bonchev–Trinajstić information content (AvgIpc) is 3.13. The van der Waals surface area contributed by atoms with E-state index in [4.69, 9.17) is 34.8 Å². The molecule has 152 valence electrons. The van der Waals surface area contributed by atoms with Gasteiger partial charge in [-0.3, -0.25) is 14.5 Å².